The number of rotatable bonds is 4. The van der Waals surface area contributed by atoms with E-state index in [9.17, 15) is 17.6 Å². The van der Waals surface area contributed by atoms with Crippen molar-refractivity contribution in [2.45, 2.75) is 35.7 Å². The summed E-state index contributed by atoms with van der Waals surface area (Å²) < 4.78 is 58.0. The van der Waals surface area contributed by atoms with Crippen LogP contribution in [-0.2, 0) is 30.5 Å². The predicted molar refractivity (Wildman–Crippen MR) is 83.7 cm³/mol. The molecule has 0 aliphatic carbocycles. The van der Waals surface area contributed by atoms with Gasteiger partial charge in [0.25, 0.3) is 0 Å². The molecule has 0 saturated heterocycles. The second-order valence-electron chi connectivity index (χ2n) is 5.47. The van der Waals surface area contributed by atoms with E-state index >= 15 is 0 Å². The molecule has 2 heterocycles. The number of hydrogen-bond acceptors (Lipinski definition) is 5. The fraction of sp³-hybridized carbons (Fsp3) is 0.375. The van der Waals surface area contributed by atoms with E-state index in [-0.39, 0.29) is 11.5 Å². The first-order chi connectivity index (χ1) is 11.9. The standard InChI is InChI=1S/C16H15F4N3OS/c1-24-8-14-22-12-7-21-5-4-10(12)15(23-14)25-13-3-2-9(17)6-11(13)16(18,19)20/h2-3,6,21H,4-5,7-8H2,1H3. The molecule has 134 valence electrons. The molecule has 0 saturated carbocycles. The maximum absolute atomic E-state index is 13.3. The van der Waals surface area contributed by atoms with Gasteiger partial charge in [0.05, 0.1) is 11.3 Å². The number of aromatic nitrogens is 2. The number of methoxy groups -OCH3 is 1. The third kappa shape index (κ3) is 4.10. The average molecular weight is 373 g/mol. The number of fused-ring (bicyclic) bond motifs is 1. The van der Waals surface area contributed by atoms with Crippen molar-refractivity contribution in [3.05, 3.63) is 46.7 Å². The number of nitrogens with one attached hydrogen (secondary N) is 1. The van der Waals surface area contributed by atoms with Crippen LogP contribution in [-0.4, -0.2) is 23.6 Å². The van der Waals surface area contributed by atoms with E-state index in [1.54, 1.807) is 0 Å². The Hall–Kier alpha value is -1.71. The van der Waals surface area contributed by atoms with E-state index in [2.05, 4.69) is 15.3 Å². The lowest BCUT2D eigenvalue weighted by Crippen LogP contribution is -2.26. The van der Waals surface area contributed by atoms with Crippen molar-refractivity contribution in [3.8, 4) is 0 Å². The lowest BCUT2D eigenvalue weighted by atomic mass is 10.1. The minimum absolute atomic E-state index is 0.0864. The summed E-state index contributed by atoms with van der Waals surface area (Å²) in [5.41, 5.74) is 0.569. The molecule has 0 radical (unpaired) electrons. The Labute approximate surface area is 146 Å². The van der Waals surface area contributed by atoms with Crippen molar-refractivity contribution < 1.29 is 22.3 Å². The normalized spacial score (nSPS) is 14.4. The smallest absolute Gasteiger partial charge is 0.377 e. The van der Waals surface area contributed by atoms with Crippen LogP contribution in [0.1, 0.15) is 22.6 Å². The van der Waals surface area contributed by atoms with Crippen molar-refractivity contribution >= 4 is 11.8 Å². The van der Waals surface area contributed by atoms with Crippen LogP contribution in [0.4, 0.5) is 17.6 Å². The minimum atomic E-state index is -4.64. The van der Waals surface area contributed by atoms with E-state index in [0.717, 1.165) is 35.2 Å². The van der Waals surface area contributed by atoms with Crippen LogP contribution in [0.5, 0.6) is 0 Å². The second-order valence-corrected chi connectivity index (χ2v) is 6.50. The maximum Gasteiger partial charge on any atom is 0.417 e. The third-order valence-corrected chi connectivity index (χ3v) is 4.78. The van der Waals surface area contributed by atoms with Crippen LogP contribution >= 0.6 is 11.8 Å². The Balaban J connectivity index is 2.05. The Morgan fingerprint density at radius 1 is 1.28 bits per heavy atom. The van der Waals surface area contributed by atoms with Gasteiger partial charge in [0, 0.05) is 24.1 Å². The van der Waals surface area contributed by atoms with Crippen molar-refractivity contribution in [1.29, 1.82) is 0 Å². The molecule has 4 nitrogen and oxygen atoms in total. The van der Waals surface area contributed by atoms with Crippen LogP contribution in [0.25, 0.3) is 0 Å². The zero-order chi connectivity index (χ0) is 18.0. The zero-order valence-corrected chi connectivity index (χ0v) is 14.1. The van der Waals surface area contributed by atoms with Crippen molar-refractivity contribution in [2.24, 2.45) is 0 Å². The number of benzene rings is 1. The summed E-state index contributed by atoms with van der Waals surface area (Å²) in [6, 6.07) is 2.66. The van der Waals surface area contributed by atoms with Crippen LogP contribution < -0.4 is 5.32 Å². The van der Waals surface area contributed by atoms with E-state index in [1.807, 2.05) is 0 Å². The van der Waals surface area contributed by atoms with Gasteiger partial charge in [-0.05, 0) is 31.2 Å². The molecule has 0 atom stereocenters. The van der Waals surface area contributed by atoms with Gasteiger partial charge in [-0.2, -0.15) is 13.2 Å². The highest BCUT2D eigenvalue weighted by Gasteiger charge is 2.34. The zero-order valence-electron chi connectivity index (χ0n) is 13.3. The molecule has 1 aromatic heterocycles. The molecule has 0 bridgehead atoms. The summed E-state index contributed by atoms with van der Waals surface area (Å²) >= 11 is 0.883. The molecular formula is C16H15F4N3OS. The highest BCUT2D eigenvalue weighted by Crippen LogP contribution is 2.40. The molecule has 0 amide bonds. The predicted octanol–water partition coefficient (Wildman–Crippen LogP) is 3.58. The van der Waals surface area contributed by atoms with Gasteiger partial charge in [-0.1, -0.05) is 11.8 Å². The quantitative estimate of drug-likeness (QED) is 0.656. The molecule has 1 aliphatic rings. The molecule has 3 rings (SSSR count). The van der Waals surface area contributed by atoms with Crippen LogP contribution in [0.2, 0.25) is 0 Å². The van der Waals surface area contributed by atoms with Gasteiger partial charge in [0.15, 0.2) is 5.82 Å². The van der Waals surface area contributed by atoms with Crippen LogP contribution in [0.3, 0.4) is 0 Å². The van der Waals surface area contributed by atoms with E-state index in [4.69, 9.17) is 4.74 Å². The SMILES string of the molecule is COCc1nc2c(c(Sc3ccc(F)cc3C(F)(F)F)n1)CCNC2. The van der Waals surface area contributed by atoms with Gasteiger partial charge in [0.2, 0.25) is 0 Å². The average Bonchev–Trinajstić information content (AvgIpc) is 2.56. The van der Waals surface area contributed by atoms with Crippen LogP contribution in [0.15, 0.2) is 28.1 Å². The fourth-order valence-electron chi connectivity index (χ4n) is 2.57. The first kappa shape index (κ1) is 18.1. The molecule has 1 aliphatic heterocycles. The molecule has 0 unspecified atom stereocenters. The molecule has 1 N–H and O–H groups in total. The first-order valence-electron chi connectivity index (χ1n) is 7.51. The lowest BCUT2D eigenvalue weighted by Gasteiger charge is -2.20. The van der Waals surface area contributed by atoms with Gasteiger partial charge in [0.1, 0.15) is 17.5 Å². The molecule has 25 heavy (non-hydrogen) atoms. The number of halogens is 4. The van der Waals surface area contributed by atoms with Crippen molar-refractivity contribution in [1.82, 2.24) is 15.3 Å². The first-order valence-corrected chi connectivity index (χ1v) is 8.33. The molecule has 0 spiro atoms. The Kier molecular flexibility index (Phi) is 5.26. The van der Waals surface area contributed by atoms with Gasteiger partial charge in [-0.25, -0.2) is 14.4 Å². The number of hydrogen-bond donors (Lipinski definition) is 1. The minimum Gasteiger partial charge on any atom is -0.377 e. The Morgan fingerprint density at radius 3 is 2.80 bits per heavy atom. The monoisotopic (exact) mass is 373 g/mol. The Bertz CT molecular complexity index is 783. The van der Waals surface area contributed by atoms with E-state index < -0.39 is 17.6 Å². The Morgan fingerprint density at radius 2 is 2.08 bits per heavy atom. The number of ether oxygens (including phenoxy) is 1. The highest BCUT2D eigenvalue weighted by atomic mass is 32.2. The van der Waals surface area contributed by atoms with Crippen molar-refractivity contribution in [2.75, 3.05) is 13.7 Å². The third-order valence-electron chi connectivity index (χ3n) is 3.67. The lowest BCUT2D eigenvalue weighted by molar-refractivity contribution is -0.139. The highest BCUT2D eigenvalue weighted by molar-refractivity contribution is 7.99. The largest absolute Gasteiger partial charge is 0.417 e. The van der Waals surface area contributed by atoms with Crippen LogP contribution in [0, 0.1) is 5.82 Å². The number of nitrogens with zero attached hydrogens (tertiary/aromatic N) is 2. The van der Waals surface area contributed by atoms with Gasteiger partial charge < -0.3 is 10.1 Å². The molecular weight excluding hydrogens is 358 g/mol. The fourth-order valence-corrected chi connectivity index (χ4v) is 3.69. The maximum atomic E-state index is 13.3. The summed E-state index contributed by atoms with van der Waals surface area (Å²) in [4.78, 5) is 8.66. The summed E-state index contributed by atoms with van der Waals surface area (Å²) in [7, 11) is 1.50. The van der Waals surface area contributed by atoms with E-state index in [1.165, 1.54) is 7.11 Å². The van der Waals surface area contributed by atoms with Gasteiger partial charge >= 0.3 is 6.18 Å². The topological polar surface area (TPSA) is 47.0 Å². The summed E-state index contributed by atoms with van der Waals surface area (Å²) in [5, 5.41) is 3.63. The molecule has 2 aromatic rings. The number of alkyl halides is 3. The summed E-state index contributed by atoms with van der Waals surface area (Å²) in [6.07, 6.45) is -4.03. The van der Waals surface area contributed by atoms with E-state index in [0.29, 0.717) is 36.4 Å². The summed E-state index contributed by atoms with van der Waals surface area (Å²) in [5.74, 6) is -0.520. The summed E-state index contributed by atoms with van der Waals surface area (Å²) in [6.45, 7) is 1.39. The van der Waals surface area contributed by atoms with Crippen molar-refractivity contribution in [3.63, 3.8) is 0 Å². The van der Waals surface area contributed by atoms with Gasteiger partial charge in [-0.15, -0.1) is 0 Å². The molecule has 9 heteroatoms. The molecule has 0 fully saturated rings. The van der Waals surface area contributed by atoms with Gasteiger partial charge in [-0.3, -0.25) is 0 Å². The molecule has 1 aromatic carbocycles. The second kappa shape index (κ2) is 7.27.